The minimum atomic E-state index is 0.666. The molecule has 2 rings (SSSR count). The molecule has 2 heteroatoms. The molecule has 100 valence electrons. The maximum atomic E-state index is 5.75. The highest BCUT2D eigenvalue weighted by Crippen LogP contribution is 2.19. The summed E-state index contributed by atoms with van der Waals surface area (Å²) in [6.07, 6.45) is 0. The van der Waals surface area contributed by atoms with Crippen molar-refractivity contribution in [1.29, 1.82) is 0 Å². The fourth-order valence-electron chi connectivity index (χ4n) is 2.27. The van der Waals surface area contributed by atoms with Crippen LogP contribution >= 0.6 is 0 Å². The lowest BCUT2D eigenvalue weighted by molar-refractivity contribution is 0.786. The summed E-state index contributed by atoms with van der Waals surface area (Å²) in [4.78, 5) is 2.34. The summed E-state index contributed by atoms with van der Waals surface area (Å²) < 4.78 is 0. The van der Waals surface area contributed by atoms with E-state index in [0.717, 1.165) is 13.1 Å². The first kappa shape index (κ1) is 13.6. The third-order valence-corrected chi connectivity index (χ3v) is 3.39. The Hall–Kier alpha value is -1.80. The van der Waals surface area contributed by atoms with Gasteiger partial charge in [-0.1, -0.05) is 36.4 Å². The highest BCUT2D eigenvalue weighted by atomic mass is 15.1. The van der Waals surface area contributed by atoms with E-state index in [-0.39, 0.29) is 0 Å². The van der Waals surface area contributed by atoms with Crippen molar-refractivity contribution >= 4 is 5.69 Å². The zero-order valence-electron chi connectivity index (χ0n) is 11.8. The summed E-state index contributed by atoms with van der Waals surface area (Å²) in [7, 11) is 0. The van der Waals surface area contributed by atoms with E-state index < -0.39 is 0 Å². The van der Waals surface area contributed by atoms with E-state index in [0.29, 0.717) is 6.54 Å². The number of benzene rings is 2. The Kier molecular flexibility index (Phi) is 4.58. The van der Waals surface area contributed by atoms with Gasteiger partial charge in [0.25, 0.3) is 0 Å². The van der Waals surface area contributed by atoms with Gasteiger partial charge in [0.15, 0.2) is 0 Å². The maximum absolute atomic E-state index is 5.75. The molecule has 0 aliphatic rings. The second-order valence-corrected chi connectivity index (χ2v) is 4.98. The first-order valence-electron chi connectivity index (χ1n) is 6.77. The monoisotopic (exact) mass is 254 g/mol. The average Bonchev–Trinajstić information content (AvgIpc) is 2.40. The molecule has 2 aromatic carbocycles. The second-order valence-electron chi connectivity index (χ2n) is 4.98. The zero-order chi connectivity index (χ0) is 13.7. The highest BCUT2D eigenvalue weighted by molar-refractivity contribution is 5.49. The Bertz CT molecular complexity index is 534. The van der Waals surface area contributed by atoms with Crippen molar-refractivity contribution in [3.05, 3.63) is 65.2 Å². The van der Waals surface area contributed by atoms with Gasteiger partial charge < -0.3 is 10.6 Å². The number of aryl methyl sites for hydroxylation is 2. The SMILES string of the molecule is Cc1cccc(N(CCN)Cc2ccccc2C)c1. The lowest BCUT2D eigenvalue weighted by Crippen LogP contribution is -2.29. The van der Waals surface area contributed by atoms with Crippen LogP contribution in [-0.4, -0.2) is 13.1 Å². The summed E-state index contributed by atoms with van der Waals surface area (Å²) >= 11 is 0. The van der Waals surface area contributed by atoms with Crippen LogP contribution < -0.4 is 10.6 Å². The van der Waals surface area contributed by atoms with Crippen LogP contribution in [0, 0.1) is 13.8 Å². The van der Waals surface area contributed by atoms with Gasteiger partial charge in [0.2, 0.25) is 0 Å². The summed E-state index contributed by atoms with van der Waals surface area (Å²) in [6, 6.07) is 17.1. The van der Waals surface area contributed by atoms with Crippen LogP contribution in [0.1, 0.15) is 16.7 Å². The number of nitrogens with two attached hydrogens (primary N) is 1. The standard InChI is InChI=1S/C17H22N2/c1-14-6-5-9-17(12-14)19(11-10-18)13-16-8-4-3-7-15(16)2/h3-9,12H,10-11,13,18H2,1-2H3. The first-order chi connectivity index (χ1) is 9.20. The van der Waals surface area contributed by atoms with Crippen LogP contribution in [0.25, 0.3) is 0 Å². The maximum Gasteiger partial charge on any atom is 0.0432 e. The molecule has 0 bridgehead atoms. The molecule has 19 heavy (non-hydrogen) atoms. The molecule has 2 nitrogen and oxygen atoms in total. The topological polar surface area (TPSA) is 29.3 Å². The number of anilines is 1. The molecule has 0 aliphatic heterocycles. The van der Waals surface area contributed by atoms with E-state index in [1.807, 2.05) is 0 Å². The molecule has 0 fully saturated rings. The van der Waals surface area contributed by atoms with Gasteiger partial charge in [0.05, 0.1) is 0 Å². The van der Waals surface area contributed by atoms with Gasteiger partial charge in [-0.15, -0.1) is 0 Å². The summed E-state index contributed by atoms with van der Waals surface area (Å²) in [5.74, 6) is 0. The quantitative estimate of drug-likeness (QED) is 0.887. The fraction of sp³-hybridized carbons (Fsp3) is 0.294. The third-order valence-electron chi connectivity index (χ3n) is 3.39. The number of rotatable bonds is 5. The van der Waals surface area contributed by atoms with Crippen molar-refractivity contribution in [2.75, 3.05) is 18.0 Å². The van der Waals surface area contributed by atoms with E-state index >= 15 is 0 Å². The summed E-state index contributed by atoms with van der Waals surface area (Å²) in [5.41, 5.74) is 11.0. The molecule has 0 atom stereocenters. The largest absolute Gasteiger partial charge is 0.366 e. The van der Waals surface area contributed by atoms with Crippen molar-refractivity contribution in [3.8, 4) is 0 Å². The molecule has 0 radical (unpaired) electrons. The van der Waals surface area contributed by atoms with E-state index in [2.05, 4.69) is 67.3 Å². The smallest absolute Gasteiger partial charge is 0.0432 e. The molecule has 2 N–H and O–H groups in total. The van der Waals surface area contributed by atoms with Gasteiger partial charge in [-0.2, -0.15) is 0 Å². The van der Waals surface area contributed by atoms with Crippen molar-refractivity contribution in [1.82, 2.24) is 0 Å². The van der Waals surface area contributed by atoms with Crippen LogP contribution in [-0.2, 0) is 6.54 Å². The molecule has 2 aromatic rings. The fourth-order valence-corrected chi connectivity index (χ4v) is 2.27. The van der Waals surface area contributed by atoms with Gasteiger partial charge in [-0.3, -0.25) is 0 Å². The molecule has 0 saturated heterocycles. The predicted molar refractivity (Wildman–Crippen MR) is 82.5 cm³/mol. The van der Waals surface area contributed by atoms with E-state index in [1.54, 1.807) is 0 Å². The van der Waals surface area contributed by atoms with E-state index in [9.17, 15) is 0 Å². The summed E-state index contributed by atoms with van der Waals surface area (Å²) in [5, 5.41) is 0. The predicted octanol–water partition coefficient (Wildman–Crippen LogP) is 3.27. The molecule has 0 saturated carbocycles. The van der Waals surface area contributed by atoms with Crippen molar-refractivity contribution in [3.63, 3.8) is 0 Å². The van der Waals surface area contributed by atoms with Gasteiger partial charge in [0, 0.05) is 25.3 Å². The Morgan fingerprint density at radius 2 is 1.79 bits per heavy atom. The van der Waals surface area contributed by atoms with Crippen molar-refractivity contribution in [2.24, 2.45) is 5.73 Å². The third kappa shape index (κ3) is 3.58. The molecule has 0 heterocycles. The Labute approximate surface area is 115 Å². The minimum Gasteiger partial charge on any atom is -0.366 e. The number of hydrogen-bond donors (Lipinski definition) is 1. The van der Waals surface area contributed by atoms with E-state index in [1.165, 1.54) is 22.4 Å². The molecule has 0 unspecified atom stereocenters. The minimum absolute atomic E-state index is 0.666. The Morgan fingerprint density at radius 3 is 2.47 bits per heavy atom. The van der Waals surface area contributed by atoms with Gasteiger partial charge in [-0.25, -0.2) is 0 Å². The molecule has 0 amide bonds. The number of hydrogen-bond acceptors (Lipinski definition) is 2. The molecule has 0 aliphatic carbocycles. The normalized spacial score (nSPS) is 10.5. The van der Waals surface area contributed by atoms with Crippen LogP contribution in [0.5, 0.6) is 0 Å². The van der Waals surface area contributed by atoms with E-state index in [4.69, 9.17) is 5.73 Å². The van der Waals surface area contributed by atoms with Crippen molar-refractivity contribution in [2.45, 2.75) is 20.4 Å². The zero-order valence-corrected chi connectivity index (χ0v) is 11.8. The van der Waals surface area contributed by atoms with Gasteiger partial charge in [0.1, 0.15) is 0 Å². The van der Waals surface area contributed by atoms with Gasteiger partial charge in [-0.05, 0) is 42.7 Å². The molecular weight excluding hydrogens is 232 g/mol. The van der Waals surface area contributed by atoms with Crippen LogP contribution in [0.3, 0.4) is 0 Å². The highest BCUT2D eigenvalue weighted by Gasteiger charge is 2.08. The van der Waals surface area contributed by atoms with Gasteiger partial charge >= 0.3 is 0 Å². The molecular formula is C17H22N2. The van der Waals surface area contributed by atoms with Crippen molar-refractivity contribution < 1.29 is 0 Å². The lowest BCUT2D eigenvalue weighted by atomic mass is 10.1. The molecule has 0 aromatic heterocycles. The average molecular weight is 254 g/mol. The Balaban J connectivity index is 2.24. The number of nitrogens with zero attached hydrogens (tertiary/aromatic N) is 1. The van der Waals surface area contributed by atoms with Crippen LogP contribution in [0.15, 0.2) is 48.5 Å². The Morgan fingerprint density at radius 1 is 1.00 bits per heavy atom. The summed E-state index contributed by atoms with van der Waals surface area (Å²) in [6.45, 7) is 6.73. The first-order valence-corrected chi connectivity index (χ1v) is 6.77. The van der Waals surface area contributed by atoms with Crippen LogP contribution in [0.4, 0.5) is 5.69 Å². The second kappa shape index (κ2) is 6.39. The lowest BCUT2D eigenvalue weighted by Gasteiger charge is -2.25. The molecule has 0 spiro atoms. The van der Waals surface area contributed by atoms with Crippen LogP contribution in [0.2, 0.25) is 0 Å².